The van der Waals surface area contributed by atoms with Crippen LogP contribution in [0.4, 0.5) is 0 Å². The second-order valence-electron chi connectivity index (χ2n) is 5.59. The molecule has 0 saturated carbocycles. The zero-order valence-electron chi connectivity index (χ0n) is 11.0. The van der Waals surface area contributed by atoms with Crippen molar-refractivity contribution < 1.29 is 14.7 Å². The summed E-state index contributed by atoms with van der Waals surface area (Å²) < 4.78 is 0. The number of hydrogen-bond donors (Lipinski definition) is 1. The minimum atomic E-state index is -0.740. The third-order valence-corrected chi connectivity index (χ3v) is 3.98. The first-order valence-electron chi connectivity index (χ1n) is 6.80. The van der Waals surface area contributed by atoms with E-state index in [2.05, 4.69) is 11.8 Å². The van der Waals surface area contributed by atoms with E-state index < -0.39 is 5.97 Å². The molecule has 1 unspecified atom stereocenters. The van der Waals surface area contributed by atoms with Crippen LogP contribution in [0, 0.1) is 5.92 Å². The molecule has 2 fully saturated rings. The molecule has 1 N–H and O–H groups in total. The van der Waals surface area contributed by atoms with E-state index in [1.807, 2.05) is 4.90 Å². The van der Waals surface area contributed by atoms with Crippen LogP contribution in [-0.2, 0) is 9.59 Å². The molecule has 5 nitrogen and oxygen atoms in total. The Morgan fingerprint density at radius 2 is 2.00 bits per heavy atom. The Morgan fingerprint density at radius 1 is 1.28 bits per heavy atom. The van der Waals surface area contributed by atoms with E-state index in [0.717, 1.165) is 32.5 Å². The summed E-state index contributed by atoms with van der Waals surface area (Å²) in [4.78, 5) is 26.7. The summed E-state index contributed by atoms with van der Waals surface area (Å²) in [7, 11) is 0. The van der Waals surface area contributed by atoms with Gasteiger partial charge in [-0.3, -0.25) is 14.5 Å². The lowest BCUT2D eigenvalue weighted by Gasteiger charge is -2.41. The fraction of sp³-hybridized carbons (Fsp3) is 0.846. The molecule has 2 aliphatic heterocycles. The van der Waals surface area contributed by atoms with E-state index in [0.29, 0.717) is 12.6 Å². The summed E-state index contributed by atoms with van der Waals surface area (Å²) in [6, 6.07) is 0.363. The molecule has 18 heavy (non-hydrogen) atoms. The second-order valence-corrected chi connectivity index (χ2v) is 5.59. The lowest BCUT2D eigenvalue weighted by molar-refractivity contribution is -0.140. The van der Waals surface area contributed by atoms with Crippen LogP contribution in [0.1, 0.15) is 32.6 Å². The van der Waals surface area contributed by atoms with Gasteiger partial charge in [0, 0.05) is 25.7 Å². The third-order valence-electron chi connectivity index (χ3n) is 3.98. The zero-order valence-corrected chi connectivity index (χ0v) is 11.0. The van der Waals surface area contributed by atoms with Gasteiger partial charge in [0.05, 0.1) is 13.0 Å². The Hall–Kier alpha value is -1.10. The molecule has 2 rings (SSSR count). The summed E-state index contributed by atoms with van der Waals surface area (Å²) in [5, 5.41) is 8.66. The van der Waals surface area contributed by atoms with Crippen molar-refractivity contribution in [1.29, 1.82) is 0 Å². The number of carboxylic acid groups (broad SMARTS) is 1. The molecule has 0 aromatic heterocycles. The van der Waals surface area contributed by atoms with Crippen LogP contribution in [-0.4, -0.2) is 59.0 Å². The monoisotopic (exact) mass is 254 g/mol. The minimum Gasteiger partial charge on any atom is -0.481 e. The second kappa shape index (κ2) is 5.69. The molecule has 1 atom stereocenters. The highest BCUT2D eigenvalue weighted by atomic mass is 16.4. The Balaban J connectivity index is 1.71. The first kappa shape index (κ1) is 13.3. The SMILES string of the molecule is CC1CCCCN1C(=O)CN1CC(CC(=O)O)C1. The van der Waals surface area contributed by atoms with Crippen molar-refractivity contribution in [1.82, 2.24) is 9.80 Å². The molecule has 0 aromatic carbocycles. The Morgan fingerprint density at radius 3 is 2.61 bits per heavy atom. The molecule has 2 saturated heterocycles. The number of amides is 1. The average molecular weight is 254 g/mol. The summed E-state index contributed by atoms with van der Waals surface area (Å²) in [5.74, 6) is -0.305. The lowest BCUT2D eigenvalue weighted by Crippen LogP contribution is -2.53. The summed E-state index contributed by atoms with van der Waals surface area (Å²) in [6.07, 6.45) is 3.66. The smallest absolute Gasteiger partial charge is 0.303 e. The summed E-state index contributed by atoms with van der Waals surface area (Å²) in [6.45, 7) is 4.95. The van der Waals surface area contributed by atoms with Gasteiger partial charge in [-0.1, -0.05) is 0 Å². The standard InChI is InChI=1S/C13H22N2O3/c1-10-4-2-3-5-15(10)12(16)9-14-7-11(8-14)6-13(17)18/h10-11H,2-9H2,1H3,(H,17,18). The maximum Gasteiger partial charge on any atom is 0.303 e. The molecule has 0 bridgehead atoms. The van der Waals surface area contributed by atoms with Gasteiger partial charge in [-0.2, -0.15) is 0 Å². The van der Waals surface area contributed by atoms with Gasteiger partial charge in [-0.05, 0) is 32.1 Å². The molecule has 2 aliphatic rings. The number of hydrogen-bond acceptors (Lipinski definition) is 3. The normalized spacial score (nSPS) is 25.8. The first-order valence-corrected chi connectivity index (χ1v) is 6.80. The van der Waals surface area contributed by atoms with Gasteiger partial charge < -0.3 is 10.0 Å². The predicted molar refractivity (Wildman–Crippen MR) is 67.2 cm³/mol. The number of likely N-dealkylation sites (tertiary alicyclic amines) is 2. The molecule has 1 amide bonds. The molecule has 0 radical (unpaired) electrons. The minimum absolute atomic E-state index is 0.205. The molecular weight excluding hydrogens is 232 g/mol. The highest BCUT2D eigenvalue weighted by Gasteiger charge is 2.32. The number of nitrogens with zero attached hydrogens (tertiary/aromatic N) is 2. The maximum atomic E-state index is 12.1. The number of aliphatic carboxylic acids is 1. The Labute approximate surface area is 108 Å². The van der Waals surface area contributed by atoms with Crippen molar-refractivity contribution in [2.45, 2.75) is 38.6 Å². The topological polar surface area (TPSA) is 60.9 Å². The van der Waals surface area contributed by atoms with Crippen LogP contribution >= 0.6 is 0 Å². The highest BCUT2D eigenvalue weighted by molar-refractivity contribution is 5.78. The van der Waals surface area contributed by atoms with Crippen LogP contribution in [0.3, 0.4) is 0 Å². The van der Waals surface area contributed by atoms with Gasteiger partial charge in [0.1, 0.15) is 0 Å². The van der Waals surface area contributed by atoms with Crippen molar-refractivity contribution in [2.24, 2.45) is 5.92 Å². The third kappa shape index (κ3) is 3.22. The zero-order chi connectivity index (χ0) is 13.1. The lowest BCUT2D eigenvalue weighted by atomic mass is 9.96. The van der Waals surface area contributed by atoms with Crippen LogP contribution in [0.25, 0.3) is 0 Å². The van der Waals surface area contributed by atoms with E-state index >= 15 is 0 Å². The van der Waals surface area contributed by atoms with Gasteiger partial charge in [0.2, 0.25) is 5.91 Å². The van der Waals surface area contributed by atoms with Crippen LogP contribution < -0.4 is 0 Å². The van der Waals surface area contributed by atoms with Gasteiger partial charge in [0.25, 0.3) is 0 Å². The van der Waals surface area contributed by atoms with E-state index in [4.69, 9.17) is 5.11 Å². The van der Waals surface area contributed by atoms with Crippen molar-refractivity contribution in [3.63, 3.8) is 0 Å². The molecule has 5 heteroatoms. The van der Waals surface area contributed by atoms with Gasteiger partial charge in [-0.25, -0.2) is 0 Å². The van der Waals surface area contributed by atoms with Gasteiger partial charge in [-0.15, -0.1) is 0 Å². The number of carboxylic acids is 1. The Bertz CT molecular complexity index is 326. The van der Waals surface area contributed by atoms with Crippen molar-refractivity contribution in [3.05, 3.63) is 0 Å². The molecule has 2 heterocycles. The number of carbonyl (C=O) groups is 2. The number of rotatable bonds is 4. The number of carbonyl (C=O) groups excluding carboxylic acids is 1. The number of piperidine rings is 1. The highest BCUT2D eigenvalue weighted by Crippen LogP contribution is 2.21. The largest absolute Gasteiger partial charge is 0.481 e. The van der Waals surface area contributed by atoms with Crippen molar-refractivity contribution >= 4 is 11.9 Å². The summed E-state index contributed by atoms with van der Waals surface area (Å²) in [5.41, 5.74) is 0. The molecule has 0 aliphatic carbocycles. The molecule has 0 spiro atoms. The van der Waals surface area contributed by atoms with E-state index in [1.165, 1.54) is 6.42 Å². The first-order chi connectivity index (χ1) is 8.56. The van der Waals surface area contributed by atoms with E-state index in [1.54, 1.807) is 0 Å². The van der Waals surface area contributed by atoms with Crippen LogP contribution in [0.2, 0.25) is 0 Å². The van der Waals surface area contributed by atoms with Crippen LogP contribution in [0.5, 0.6) is 0 Å². The molecular formula is C13H22N2O3. The predicted octanol–water partition coefficient (Wildman–Crippen LogP) is 0.794. The van der Waals surface area contributed by atoms with Crippen molar-refractivity contribution in [3.8, 4) is 0 Å². The van der Waals surface area contributed by atoms with Gasteiger partial charge in [0.15, 0.2) is 0 Å². The molecule has 0 aromatic rings. The summed E-state index contributed by atoms with van der Waals surface area (Å²) >= 11 is 0. The molecule has 102 valence electrons. The quantitative estimate of drug-likeness (QED) is 0.806. The fourth-order valence-electron chi connectivity index (χ4n) is 2.93. The average Bonchev–Trinajstić information content (AvgIpc) is 2.26. The fourth-order valence-corrected chi connectivity index (χ4v) is 2.93. The van der Waals surface area contributed by atoms with Gasteiger partial charge >= 0.3 is 5.97 Å². The maximum absolute atomic E-state index is 12.1. The van der Waals surface area contributed by atoms with E-state index in [9.17, 15) is 9.59 Å². The van der Waals surface area contributed by atoms with Crippen molar-refractivity contribution in [2.75, 3.05) is 26.2 Å². The Kier molecular flexibility index (Phi) is 4.22. The van der Waals surface area contributed by atoms with Crippen LogP contribution in [0.15, 0.2) is 0 Å². The van der Waals surface area contributed by atoms with E-state index in [-0.39, 0.29) is 18.2 Å².